The molecule has 1 saturated heterocycles. The number of methoxy groups -OCH3 is 1. The minimum absolute atomic E-state index is 0.0240. The van der Waals surface area contributed by atoms with Crippen LogP contribution in [-0.2, 0) is 4.79 Å². The Hall–Kier alpha value is -2.11. The molecule has 0 spiro atoms. The minimum Gasteiger partial charge on any atom is -0.496 e. The zero-order valence-electron chi connectivity index (χ0n) is 10.1. The average Bonchev–Trinajstić information content (AvgIpc) is 2.38. The third kappa shape index (κ3) is 2.42. The lowest BCUT2D eigenvalue weighted by molar-refractivity contribution is -0.384. The first-order valence-corrected chi connectivity index (χ1v) is 5.71. The first-order valence-electron chi connectivity index (χ1n) is 5.71. The van der Waals surface area contributed by atoms with E-state index in [1.54, 1.807) is 17.0 Å². The van der Waals surface area contributed by atoms with Gasteiger partial charge in [0.25, 0.3) is 5.69 Å². The Balaban J connectivity index is 2.36. The second-order valence-electron chi connectivity index (χ2n) is 4.18. The molecular weight excluding hydrogens is 236 g/mol. The summed E-state index contributed by atoms with van der Waals surface area (Å²) in [6.07, 6.45) is 1.29. The summed E-state index contributed by atoms with van der Waals surface area (Å²) in [5.74, 6) is 0.556. The minimum atomic E-state index is -0.447. The topological polar surface area (TPSA) is 72.7 Å². The Bertz CT molecular complexity index is 487. The highest BCUT2D eigenvalue weighted by Gasteiger charge is 2.24. The van der Waals surface area contributed by atoms with E-state index in [0.29, 0.717) is 24.4 Å². The van der Waals surface area contributed by atoms with Crippen LogP contribution in [0, 0.1) is 10.1 Å². The second-order valence-corrected chi connectivity index (χ2v) is 4.18. The van der Waals surface area contributed by atoms with E-state index in [2.05, 4.69) is 0 Å². The Labute approximate surface area is 104 Å². The first-order chi connectivity index (χ1) is 8.61. The Kier molecular flexibility index (Phi) is 3.45. The average molecular weight is 250 g/mol. The predicted octanol–water partition coefficient (Wildman–Crippen LogP) is 1.77. The molecule has 0 bridgehead atoms. The summed E-state index contributed by atoms with van der Waals surface area (Å²) in [4.78, 5) is 23.8. The molecule has 1 aliphatic rings. The maximum Gasteiger partial charge on any atom is 0.296 e. The van der Waals surface area contributed by atoms with Crippen molar-refractivity contribution < 1.29 is 14.5 Å². The van der Waals surface area contributed by atoms with Gasteiger partial charge < -0.3 is 9.64 Å². The lowest BCUT2D eigenvalue weighted by atomic mass is 10.1. The van der Waals surface area contributed by atoms with Crippen molar-refractivity contribution in [3.63, 3.8) is 0 Å². The molecule has 0 atom stereocenters. The van der Waals surface area contributed by atoms with Gasteiger partial charge in [0.05, 0.1) is 24.6 Å². The van der Waals surface area contributed by atoms with Crippen LogP contribution >= 0.6 is 0 Å². The molecule has 1 fully saturated rings. The van der Waals surface area contributed by atoms with E-state index >= 15 is 0 Å². The molecule has 96 valence electrons. The second kappa shape index (κ2) is 5.03. The fraction of sp³-hybridized carbons (Fsp3) is 0.417. The Morgan fingerprint density at radius 3 is 2.83 bits per heavy atom. The molecule has 6 heteroatoms. The molecule has 0 unspecified atom stereocenters. The molecule has 0 amide bonds. The van der Waals surface area contributed by atoms with Gasteiger partial charge in [0.1, 0.15) is 11.4 Å². The fourth-order valence-electron chi connectivity index (χ4n) is 2.09. The molecule has 6 nitrogen and oxygen atoms in total. The van der Waals surface area contributed by atoms with Gasteiger partial charge in [0.2, 0.25) is 0 Å². The molecule has 0 aliphatic carbocycles. The van der Waals surface area contributed by atoms with E-state index in [4.69, 9.17) is 4.74 Å². The summed E-state index contributed by atoms with van der Waals surface area (Å²) in [5.41, 5.74) is 0.456. The van der Waals surface area contributed by atoms with Crippen molar-refractivity contribution in [1.29, 1.82) is 0 Å². The lowest BCUT2D eigenvalue weighted by Gasteiger charge is -2.27. The number of nitro benzene ring substituents is 1. The first kappa shape index (κ1) is 12.3. The standard InChI is InChI=1S/C12H14N2O4/c1-18-10-4-5-11(12(7-10)14(16)17)13-6-2-3-9(15)8-13/h4-5,7H,2-3,6,8H2,1H3. The summed E-state index contributed by atoms with van der Waals surface area (Å²) in [6, 6.07) is 4.69. The number of carbonyl (C=O) groups excluding carboxylic acids is 1. The number of carbonyl (C=O) groups is 1. The van der Waals surface area contributed by atoms with Gasteiger partial charge in [-0.2, -0.15) is 0 Å². The zero-order valence-corrected chi connectivity index (χ0v) is 10.1. The number of piperidine rings is 1. The number of ether oxygens (including phenoxy) is 1. The highest BCUT2D eigenvalue weighted by atomic mass is 16.6. The third-order valence-corrected chi connectivity index (χ3v) is 2.97. The van der Waals surface area contributed by atoms with Crippen LogP contribution in [0.2, 0.25) is 0 Å². The predicted molar refractivity (Wildman–Crippen MR) is 66.1 cm³/mol. The van der Waals surface area contributed by atoms with Crippen molar-refractivity contribution in [2.24, 2.45) is 0 Å². The van der Waals surface area contributed by atoms with Gasteiger partial charge in [0.15, 0.2) is 5.78 Å². The summed E-state index contributed by atoms with van der Waals surface area (Å²) >= 11 is 0. The van der Waals surface area contributed by atoms with E-state index in [1.807, 2.05) is 0 Å². The smallest absolute Gasteiger partial charge is 0.296 e. The van der Waals surface area contributed by atoms with E-state index in [9.17, 15) is 14.9 Å². The van der Waals surface area contributed by atoms with Crippen molar-refractivity contribution in [3.05, 3.63) is 28.3 Å². The van der Waals surface area contributed by atoms with E-state index in [1.165, 1.54) is 13.2 Å². The lowest BCUT2D eigenvalue weighted by Crippen LogP contribution is -2.35. The molecule has 1 heterocycles. The van der Waals surface area contributed by atoms with Crippen molar-refractivity contribution in [2.75, 3.05) is 25.1 Å². The van der Waals surface area contributed by atoms with Gasteiger partial charge >= 0.3 is 0 Å². The summed E-state index contributed by atoms with van der Waals surface area (Å²) < 4.78 is 4.98. The number of benzene rings is 1. The highest BCUT2D eigenvalue weighted by Crippen LogP contribution is 2.33. The van der Waals surface area contributed by atoms with Crippen molar-refractivity contribution >= 4 is 17.2 Å². The number of Topliss-reactive ketones (excluding diaryl/α,β-unsaturated/α-hetero) is 1. The Morgan fingerprint density at radius 1 is 1.44 bits per heavy atom. The van der Waals surface area contributed by atoms with E-state index in [0.717, 1.165) is 6.42 Å². The van der Waals surface area contributed by atoms with Gasteiger partial charge in [0, 0.05) is 13.0 Å². The number of rotatable bonds is 3. The van der Waals surface area contributed by atoms with Crippen LogP contribution in [0.3, 0.4) is 0 Å². The summed E-state index contributed by atoms with van der Waals surface area (Å²) in [7, 11) is 1.46. The maximum absolute atomic E-state index is 11.4. The quantitative estimate of drug-likeness (QED) is 0.604. The van der Waals surface area contributed by atoms with Gasteiger partial charge in [-0.25, -0.2) is 0 Å². The van der Waals surface area contributed by atoms with Gasteiger partial charge in [-0.05, 0) is 18.6 Å². The number of hydrogen-bond donors (Lipinski definition) is 0. The summed E-state index contributed by atoms with van der Waals surface area (Å²) in [5, 5.41) is 11.1. The number of nitrogens with zero attached hydrogens (tertiary/aromatic N) is 2. The molecule has 18 heavy (non-hydrogen) atoms. The van der Waals surface area contributed by atoms with Crippen molar-refractivity contribution in [1.82, 2.24) is 0 Å². The molecule has 1 aromatic rings. The monoisotopic (exact) mass is 250 g/mol. The molecule has 1 aromatic carbocycles. The Morgan fingerprint density at radius 2 is 2.22 bits per heavy atom. The molecule has 0 saturated carbocycles. The normalized spacial score (nSPS) is 15.6. The molecule has 0 radical (unpaired) electrons. The van der Waals surface area contributed by atoms with Crippen LogP contribution in [0.4, 0.5) is 11.4 Å². The summed E-state index contributed by atoms with van der Waals surface area (Å²) in [6.45, 7) is 0.909. The molecule has 1 aliphatic heterocycles. The molecule has 2 rings (SSSR count). The molecule has 0 N–H and O–H groups in total. The maximum atomic E-state index is 11.4. The van der Waals surface area contributed by atoms with Crippen molar-refractivity contribution in [2.45, 2.75) is 12.8 Å². The van der Waals surface area contributed by atoms with Gasteiger partial charge in [-0.15, -0.1) is 0 Å². The number of hydrogen-bond acceptors (Lipinski definition) is 5. The number of ketones is 1. The molecular formula is C12H14N2O4. The van der Waals surface area contributed by atoms with E-state index < -0.39 is 4.92 Å². The highest BCUT2D eigenvalue weighted by molar-refractivity contribution is 5.85. The van der Waals surface area contributed by atoms with Crippen LogP contribution in [0.15, 0.2) is 18.2 Å². The number of anilines is 1. The third-order valence-electron chi connectivity index (χ3n) is 2.97. The van der Waals surface area contributed by atoms with Crippen molar-refractivity contribution in [3.8, 4) is 5.75 Å². The largest absolute Gasteiger partial charge is 0.496 e. The SMILES string of the molecule is COc1ccc(N2CCCC(=O)C2)c([N+](=O)[O-])c1. The van der Waals surface area contributed by atoms with Crippen LogP contribution < -0.4 is 9.64 Å². The number of nitro groups is 1. The van der Waals surface area contributed by atoms with E-state index in [-0.39, 0.29) is 18.0 Å². The van der Waals surface area contributed by atoms with Crippen LogP contribution in [0.5, 0.6) is 5.75 Å². The zero-order chi connectivity index (χ0) is 13.1. The van der Waals surface area contributed by atoms with Crippen LogP contribution in [0.25, 0.3) is 0 Å². The fourth-order valence-corrected chi connectivity index (χ4v) is 2.09. The molecule has 0 aromatic heterocycles. The van der Waals surface area contributed by atoms with Crippen LogP contribution in [-0.4, -0.2) is 30.9 Å². The van der Waals surface area contributed by atoms with Gasteiger partial charge in [-0.1, -0.05) is 0 Å². The van der Waals surface area contributed by atoms with Crippen LogP contribution in [0.1, 0.15) is 12.8 Å². The van der Waals surface area contributed by atoms with Gasteiger partial charge in [-0.3, -0.25) is 14.9 Å².